The number of hydrogen-bond acceptors (Lipinski definition) is 8. The Morgan fingerprint density at radius 1 is 1.00 bits per heavy atom. The lowest BCUT2D eigenvalue weighted by molar-refractivity contribution is 0.0745. The molecule has 1 aromatic carbocycles. The number of piperazine rings is 1. The number of halogens is 1. The summed E-state index contributed by atoms with van der Waals surface area (Å²) in [6, 6.07) is 11.2. The Kier molecular flexibility index (Phi) is 5.73. The van der Waals surface area contributed by atoms with Gasteiger partial charge in [0.15, 0.2) is 11.4 Å². The number of nitrogens with zero attached hydrogens (tertiary/aromatic N) is 6. The first-order chi connectivity index (χ1) is 16.2. The number of carbonyl (C=O) groups excluding carboxylic acids is 1. The molecule has 4 aromatic rings. The Morgan fingerprint density at radius 2 is 1.74 bits per heavy atom. The molecule has 0 radical (unpaired) electrons. The zero-order valence-corrected chi connectivity index (χ0v) is 20.0. The molecule has 176 valence electrons. The molecule has 10 heteroatoms. The van der Waals surface area contributed by atoms with E-state index in [9.17, 15) is 4.79 Å². The van der Waals surface area contributed by atoms with E-state index in [1.807, 2.05) is 21.9 Å². The van der Waals surface area contributed by atoms with Crippen LogP contribution >= 0.6 is 11.6 Å². The van der Waals surface area contributed by atoms with E-state index in [2.05, 4.69) is 40.9 Å². The van der Waals surface area contributed by atoms with Crippen molar-refractivity contribution < 1.29 is 13.7 Å². The van der Waals surface area contributed by atoms with Crippen molar-refractivity contribution in [2.24, 2.45) is 5.41 Å². The standard InChI is InChI=1S/C24H25ClN6O3/c1-24(2,3)14-19-27-21(34-29-19)15-4-6-16(7-5-15)22(32)30-10-12-31(13-11-30)23-28-20-17(33-23)8-9-18(25)26-20/h4-9H,10-14H2,1-3H3. The van der Waals surface area contributed by atoms with E-state index in [1.54, 1.807) is 24.3 Å². The third kappa shape index (κ3) is 4.75. The predicted molar refractivity (Wildman–Crippen MR) is 128 cm³/mol. The number of pyridine rings is 1. The normalized spacial score (nSPS) is 14.7. The largest absolute Gasteiger partial charge is 0.422 e. The number of oxazole rings is 1. The predicted octanol–water partition coefficient (Wildman–Crippen LogP) is 4.48. The molecule has 1 aliphatic heterocycles. The summed E-state index contributed by atoms with van der Waals surface area (Å²) in [5, 5.41) is 4.44. The topological polar surface area (TPSA) is 101 Å². The fourth-order valence-electron chi connectivity index (χ4n) is 3.88. The van der Waals surface area contributed by atoms with Gasteiger partial charge >= 0.3 is 0 Å². The minimum absolute atomic E-state index is 0.0174. The molecule has 34 heavy (non-hydrogen) atoms. The Hall–Kier alpha value is -3.46. The molecule has 0 N–H and O–H groups in total. The summed E-state index contributed by atoms with van der Waals surface area (Å²) < 4.78 is 11.2. The van der Waals surface area contributed by atoms with Gasteiger partial charge < -0.3 is 18.7 Å². The molecule has 3 aromatic heterocycles. The second-order valence-corrected chi connectivity index (χ2v) is 9.95. The fourth-order valence-corrected chi connectivity index (χ4v) is 4.02. The van der Waals surface area contributed by atoms with Crippen molar-refractivity contribution in [3.8, 4) is 11.5 Å². The van der Waals surface area contributed by atoms with Crippen LogP contribution in [0.5, 0.6) is 0 Å². The maximum absolute atomic E-state index is 13.0. The number of fused-ring (bicyclic) bond motifs is 1. The van der Waals surface area contributed by atoms with Crippen molar-refractivity contribution in [1.29, 1.82) is 0 Å². The summed E-state index contributed by atoms with van der Waals surface area (Å²) in [5.41, 5.74) is 2.55. The van der Waals surface area contributed by atoms with Gasteiger partial charge in [-0.3, -0.25) is 4.79 Å². The molecule has 0 aliphatic carbocycles. The molecule has 5 rings (SSSR count). The summed E-state index contributed by atoms with van der Waals surface area (Å²) in [5.74, 6) is 1.12. The first-order valence-corrected chi connectivity index (χ1v) is 11.5. The average molecular weight is 481 g/mol. The van der Waals surface area contributed by atoms with Crippen LogP contribution in [0.2, 0.25) is 5.15 Å². The van der Waals surface area contributed by atoms with E-state index in [1.165, 1.54) is 0 Å². The van der Waals surface area contributed by atoms with E-state index in [0.29, 0.717) is 65.9 Å². The molecular weight excluding hydrogens is 456 g/mol. The number of carbonyl (C=O) groups is 1. The first-order valence-electron chi connectivity index (χ1n) is 11.2. The van der Waals surface area contributed by atoms with Gasteiger partial charge in [0, 0.05) is 43.7 Å². The second-order valence-electron chi connectivity index (χ2n) is 9.56. The zero-order valence-electron chi connectivity index (χ0n) is 19.3. The van der Waals surface area contributed by atoms with Gasteiger partial charge in [-0.15, -0.1) is 0 Å². The van der Waals surface area contributed by atoms with Crippen molar-refractivity contribution in [1.82, 2.24) is 25.0 Å². The smallest absolute Gasteiger partial charge is 0.300 e. The number of amides is 1. The van der Waals surface area contributed by atoms with Gasteiger partial charge in [0.05, 0.1) is 0 Å². The third-order valence-electron chi connectivity index (χ3n) is 5.58. The third-order valence-corrected chi connectivity index (χ3v) is 5.79. The van der Waals surface area contributed by atoms with Crippen LogP contribution in [0.4, 0.5) is 6.01 Å². The van der Waals surface area contributed by atoms with Gasteiger partial charge in [0.2, 0.25) is 5.65 Å². The van der Waals surface area contributed by atoms with E-state index < -0.39 is 0 Å². The lowest BCUT2D eigenvalue weighted by Gasteiger charge is -2.33. The highest BCUT2D eigenvalue weighted by atomic mass is 35.5. The molecule has 9 nitrogen and oxygen atoms in total. The molecule has 1 saturated heterocycles. The minimum atomic E-state index is -0.0174. The van der Waals surface area contributed by atoms with E-state index in [0.717, 1.165) is 12.0 Å². The average Bonchev–Trinajstić information content (AvgIpc) is 3.44. The molecule has 1 amide bonds. The van der Waals surface area contributed by atoms with E-state index in [4.69, 9.17) is 20.5 Å². The van der Waals surface area contributed by atoms with E-state index >= 15 is 0 Å². The van der Waals surface area contributed by atoms with Crippen LogP contribution in [0.25, 0.3) is 22.7 Å². The maximum atomic E-state index is 13.0. The highest BCUT2D eigenvalue weighted by molar-refractivity contribution is 6.29. The number of hydrogen-bond donors (Lipinski definition) is 0. The quantitative estimate of drug-likeness (QED) is 0.394. The number of aromatic nitrogens is 4. The molecule has 0 atom stereocenters. The number of anilines is 1. The second kappa shape index (κ2) is 8.72. The Bertz CT molecular complexity index is 1320. The SMILES string of the molecule is CC(C)(C)Cc1noc(-c2ccc(C(=O)N3CCN(c4nc5nc(Cl)ccc5o4)CC3)cc2)n1. The maximum Gasteiger partial charge on any atom is 0.300 e. The van der Waals surface area contributed by atoms with Crippen LogP contribution in [-0.2, 0) is 6.42 Å². The highest BCUT2D eigenvalue weighted by Crippen LogP contribution is 2.25. The Morgan fingerprint density at radius 3 is 2.44 bits per heavy atom. The molecule has 4 heterocycles. The first kappa shape index (κ1) is 22.3. The summed E-state index contributed by atoms with van der Waals surface area (Å²) in [7, 11) is 0. The van der Waals surface area contributed by atoms with Gasteiger partial charge in [0.1, 0.15) is 5.15 Å². The van der Waals surface area contributed by atoms with Gasteiger partial charge in [-0.2, -0.15) is 9.97 Å². The van der Waals surface area contributed by atoms with Gasteiger partial charge in [-0.1, -0.05) is 37.5 Å². The van der Waals surface area contributed by atoms with Gasteiger partial charge in [-0.25, -0.2) is 4.98 Å². The van der Waals surface area contributed by atoms with Crippen molar-refractivity contribution >= 4 is 34.8 Å². The zero-order chi connectivity index (χ0) is 23.9. The molecule has 1 aliphatic rings. The molecule has 0 spiro atoms. The van der Waals surface area contributed by atoms with Crippen molar-refractivity contribution in [2.45, 2.75) is 27.2 Å². The van der Waals surface area contributed by atoms with Crippen LogP contribution in [0.15, 0.2) is 45.3 Å². The minimum Gasteiger partial charge on any atom is -0.422 e. The van der Waals surface area contributed by atoms with Gasteiger partial charge in [0.25, 0.3) is 17.8 Å². The molecular formula is C24H25ClN6O3. The Labute approximate surface area is 201 Å². The lowest BCUT2D eigenvalue weighted by Crippen LogP contribution is -2.48. The summed E-state index contributed by atoms with van der Waals surface area (Å²) in [4.78, 5) is 29.9. The van der Waals surface area contributed by atoms with Crippen molar-refractivity contribution in [3.05, 3.63) is 52.9 Å². The summed E-state index contributed by atoms with van der Waals surface area (Å²) in [6.07, 6.45) is 0.729. The molecule has 0 bridgehead atoms. The Balaban J connectivity index is 1.21. The molecule has 1 fully saturated rings. The molecule has 0 unspecified atom stereocenters. The van der Waals surface area contributed by atoms with Crippen LogP contribution in [0, 0.1) is 5.41 Å². The van der Waals surface area contributed by atoms with Crippen molar-refractivity contribution in [2.75, 3.05) is 31.1 Å². The van der Waals surface area contributed by atoms with Crippen LogP contribution in [0.3, 0.4) is 0 Å². The van der Waals surface area contributed by atoms with E-state index in [-0.39, 0.29) is 11.3 Å². The lowest BCUT2D eigenvalue weighted by atomic mass is 9.92. The van der Waals surface area contributed by atoms with Crippen LogP contribution < -0.4 is 4.90 Å². The van der Waals surface area contributed by atoms with Crippen LogP contribution in [-0.4, -0.2) is 57.1 Å². The summed E-state index contributed by atoms with van der Waals surface area (Å²) in [6.45, 7) is 8.74. The number of benzene rings is 1. The van der Waals surface area contributed by atoms with Gasteiger partial charge in [-0.05, 0) is 41.8 Å². The fraction of sp³-hybridized carbons (Fsp3) is 0.375. The highest BCUT2D eigenvalue weighted by Gasteiger charge is 2.25. The van der Waals surface area contributed by atoms with Crippen LogP contribution in [0.1, 0.15) is 37.0 Å². The monoisotopic (exact) mass is 480 g/mol. The summed E-state index contributed by atoms with van der Waals surface area (Å²) >= 11 is 5.93. The number of rotatable bonds is 4. The molecule has 0 saturated carbocycles. The van der Waals surface area contributed by atoms with Crippen molar-refractivity contribution in [3.63, 3.8) is 0 Å².